The molecule has 0 unspecified atom stereocenters. The van der Waals surface area contributed by atoms with E-state index in [2.05, 4.69) is 48.2 Å². The van der Waals surface area contributed by atoms with E-state index in [4.69, 9.17) is 0 Å². The van der Waals surface area contributed by atoms with Gasteiger partial charge in [0.2, 0.25) is 0 Å². The van der Waals surface area contributed by atoms with Gasteiger partial charge in [-0.1, -0.05) is 42.0 Å². The molecule has 1 heterocycles. The highest BCUT2D eigenvalue weighted by atomic mass is 15.1. The molecule has 0 spiro atoms. The van der Waals surface area contributed by atoms with Gasteiger partial charge in [-0.15, -0.1) is 0 Å². The third-order valence-electron chi connectivity index (χ3n) is 2.88. The second-order valence-electron chi connectivity index (χ2n) is 4.38. The van der Waals surface area contributed by atoms with Gasteiger partial charge in [0.25, 0.3) is 0 Å². The highest BCUT2D eigenvalue weighted by Crippen LogP contribution is 2.12. The lowest BCUT2D eigenvalue weighted by Crippen LogP contribution is -2.20. The van der Waals surface area contributed by atoms with Crippen LogP contribution in [0.15, 0.2) is 35.9 Å². The van der Waals surface area contributed by atoms with Crippen LogP contribution in [0.1, 0.15) is 25.3 Å². The van der Waals surface area contributed by atoms with Crippen LogP contribution in [0.3, 0.4) is 0 Å². The van der Waals surface area contributed by atoms with Gasteiger partial charge in [0.1, 0.15) is 0 Å². The number of nitrogens with zero attached hydrogens (tertiary/aromatic N) is 1. The van der Waals surface area contributed by atoms with Crippen LogP contribution in [0.5, 0.6) is 0 Å². The molecule has 1 saturated heterocycles. The molecule has 0 aliphatic carbocycles. The Morgan fingerprint density at radius 2 is 1.87 bits per heavy atom. The molecular formula is C14H19N. The van der Waals surface area contributed by atoms with Crippen molar-refractivity contribution >= 4 is 6.08 Å². The fraction of sp³-hybridized carbons (Fsp3) is 0.429. The van der Waals surface area contributed by atoms with E-state index in [1.807, 2.05) is 0 Å². The highest BCUT2D eigenvalue weighted by molar-refractivity contribution is 5.52. The number of hydrogen-bond donors (Lipinski definition) is 0. The van der Waals surface area contributed by atoms with Gasteiger partial charge in [0.15, 0.2) is 0 Å². The van der Waals surface area contributed by atoms with Gasteiger partial charge < -0.3 is 0 Å². The van der Waals surface area contributed by atoms with Crippen molar-refractivity contribution in [1.29, 1.82) is 0 Å². The highest BCUT2D eigenvalue weighted by Gasteiger charge is 2.10. The van der Waals surface area contributed by atoms with Crippen LogP contribution >= 0.6 is 0 Å². The average Bonchev–Trinajstić information content (AvgIpc) is 2.71. The van der Waals surface area contributed by atoms with E-state index in [0.717, 1.165) is 6.54 Å². The Hall–Kier alpha value is -1.08. The zero-order valence-electron chi connectivity index (χ0n) is 9.45. The fourth-order valence-corrected chi connectivity index (χ4v) is 2.17. The monoisotopic (exact) mass is 201 g/mol. The van der Waals surface area contributed by atoms with Crippen molar-refractivity contribution in [3.63, 3.8) is 0 Å². The molecular weight excluding hydrogens is 182 g/mol. The molecule has 1 aromatic carbocycles. The van der Waals surface area contributed by atoms with E-state index >= 15 is 0 Å². The largest absolute Gasteiger partial charge is 0.299 e. The van der Waals surface area contributed by atoms with Crippen LogP contribution in [0.4, 0.5) is 0 Å². The minimum atomic E-state index is 1.13. The Morgan fingerprint density at radius 1 is 1.20 bits per heavy atom. The smallest absolute Gasteiger partial charge is 0.0193 e. The van der Waals surface area contributed by atoms with Gasteiger partial charge >= 0.3 is 0 Å². The van der Waals surface area contributed by atoms with Gasteiger partial charge in [-0.05, 0) is 38.4 Å². The van der Waals surface area contributed by atoms with E-state index in [1.165, 1.54) is 37.1 Å². The summed E-state index contributed by atoms with van der Waals surface area (Å²) in [6.45, 7) is 5.92. The Balaban J connectivity index is 1.95. The molecule has 0 N–H and O–H groups in total. The molecule has 0 radical (unpaired) electrons. The van der Waals surface area contributed by atoms with Crippen LogP contribution < -0.4 is 0 Å². The summed E-state index contributed by atoms with van der Waals surface area (Å²) in [6, 6.07) is 10.6. The van der Waals surface area contributed by atoms with Crippen LogP contribution in [-0.2, 0) is 0 Å². The van der Waals surface area contributed by atoms with Crippen LogP contribution in [0.2, 0.25) is 0 Å². The van der Waals surface area contributed by atoms with Gasteiger partial charge in [-0.2, -0.15) is 0 Å². The number of likely N-dealkylation sites (tertiary alicyclic amines) is 1. The zero-order chi connectivity index (χ0) is 10.5. The van der Waals surface area contributed by atoms with Crippen molar-refractivity contribution in [2.45, 2.75) is 19.8 Å². The maximum Gasteiger partial charge on any atom is 0.0193 e. The van der Waals surface area contributed by atoms with Crippen molar-refractivity contribution in [2.75, 3.05) is 19.6 Å². The number of rotatable bonds is 3. The molecule has 0 atom stereocenters. The van der Waals surface area contributed by atoms with Crippen molar-refractivity contribution < 1.29 is 0 Å². The molecule has 1 heteroatoms. The number of hydrogen-bond acceptors (Lipinski definition) is 1. The quantitative estimate of drug-likeness (QED) is 0.726. The molecule has 1 fully saturated rings. The average molecular weight is 201 g/mol. The maximum absolute atomic E-state index is 2.54. The molecule has 15 heavy (non-hydrogen) atoms. The molecule has 0 aromatic heterocycles. The summed E-state index contributed by atoms with van der Waals surface area (Å²) < 4.78 is 0. The second kappa shape index (κ2) is 5.13. The summed E-state index contributed by atoms with van der Waals surface area (Å²) in [4.78, 5) is 2.54. The molecule has 2 rings (SSSR count). The molecule has 1 aliphatic rings. The van der Waals surface area contributed by atoms with Gasteiger partial charge in [0, 0.05) is 6.54 Å². The van der Waals surface area contributed by atoms with Gasteiger partial charge in [-0.25, -0.2) is 0 Å². The minimum absolute atomic E-state index is 1.13. The summed E-state index contributed by atoms with van der Waals surface area (Å²) in [5.74, 6) is 0. The maximum atomic E-state index is 2.54. The van der Waals surface area contributed by atoms with Crippen molar-refractivity contribution in [3.8, 4) is 0 Å². The van der Waals surface area contributed by atoms with Gasteiger partial charge in [-0.3, -0.25) is 4.90 Å². The third kappa shape index (κ3) is 3.21. The normalized spacial score (nSPS) is 18.3. The zero-order valence-corrected chi connectivity index (χ0v) is 9.45. The summed E-state index contributed by atoms with van der Waals surface area (Å²) in [5.41, 5.74) is 2.78. The van der Waals surface area contributed by atoms with Gasteiger partial charge in [0.05, 0.1) is 0 Å². The second-order valence-corrected chi connectivity index (χ2v) is 4.38. The molecule has 80 valence electrons. The topological polar surface area (TPSA) is 3.24 Å². The Labute approximate surface area is 92.4 Å². The number of benzene rings is 1. The van der Waals surface area contributed by atoms with Crippen LogP contribution in [0, 0.1) is 0 Å². The Kier molecular flexibility index (Phi) is 3.57. The van der Waals surface area contributed by atoms with E-state index < -0.39 is 0 Å². The summed E-state index contributed by atoms with van der Waals surface area (Å²) >= 11 is 0. The first-order valence-corrected chi connectivity index (χ1v) is 5.79. The van der Waals surface area contributed by atoms with Crippen molar-refractivity contribution in [2.24, 2.45) is 0 Å². The fourth-order valence-electron chi connectivity index (χ4n) is 2.17. The molecule has 1 aliphatic heterocycles. The summed E-state index contributed by atoms with van der Waals surface area (Å²) in [5, 5.41) is 0. The van der Waals surface area contributed by atoms with Crippen molar-refractivity contribution in [1.82, 2.24) is 4.90 Å². The Bertz CT molecular complexity index is 320. The van der Waals surface area contributed by atoms with E-state index in [1.54, 1.807) is 0 Å². The molecule has 1 aromatic rings. The summed E-state index contributed by atoms with van der Waals surface area (Å²) in [6.07, 6.45) is 5.04. The predicted molar refractivity (Wildman–Crippen MR) is 65.8 cm³/mol. The third-order valence-corrected chi connectivity index (χ3v) is 2.88. The molecule has 1 nitrogen and oxygen atoms in total. The molecule has 0 amide bonds. The molecule has 0 bridgehead atoms. The Morgan fingerprint density at radius 3 is 2.53 bits per heavy atom. The molecule has 0 saturated carbocycles. The first kappa shape index (κ1) is 10.4. The van der Waals surface area contributed by atoms with E-state index in [9.17, 15) is 0 Å². The first-order valence-electron chi connectivity index (χ1n) is 5.79. The lowest BCUT2D eigenvalue weighted by Gasteiger charge is -2.14. The minimum Gasteiger partial charge on any atom is -0.299 e. The standard InChI is InChI=1S/C14H19N/c1-13(12-15-9-5-6-10-15)11-14-7-3-2-4-8-14/h2-4,7-8,11H,5-6,9-10,12H2,1H3. The van der Waals surface area contributed by atoms with Crippen LogP contribution in [-0.4, -0.2) is 24.5 Å². The lowest BCUT2D eigenvalue weighted by molar-refractivity contribution is 0.369. The van der Waals surface area contributed by atoms with Crippen molar-refractivity contribution in [3.05, 3.63) is 41.5 Å². The van der Waals surface area contributed by atoms with Crippen LogP contribution in [0.25, 0.3) is 6.08 Å². The SMILES string of the molecule is CC(=Cc1ccccc1)CN1CCCC1. The lowest BCUT2D eigenvalue weighted by atomic mass is 10.1. The van der Waals surface area contributed by atoms with E-state index in [-0.39, 0.29) is 0 Å². The summed E-state index contributed by atoms with van der Waals surface area (Å²) in [7, 11) is 0. The first-order chi connectivity index (χ1) is 7.34. The van der Waals surface area contributed by atoms with E-state index in [0.29, 0.717) is 0 Å². The predicted octanol–water partition coefficient (Wildman–Crippen LogP) is 3.19.